The number of nitrogens with zero attached hydrogens (tertiary/aromatic N) is 4. The summed E-state index contributed by atoms with van der Waals surface area (Å²) in [5, 5.41) is 6.97. The van der Waals surface area contributed by atoms with Crippen molar-refractivity contribution in [3.05, 3.63) is 65.1 Å². The Morgan fingerprint density at radius 3 is 2.84 bits per heavy atom. The Kier molecular flexibility index (Phi) is 4.42. The maximum atomic E-state index is 13.2. The van der Waals surface area contributed by atoms with Crippen LogP contribution in [-0.4, -0.2) is 25.7 Å². The van der Waals surface area contributed by atoms with Gasteiger partial charge in [-0.25, -0.2) is 19.0 Å². The molecular formula is C17H17FN6O. The summed E-state index contributed by atoms with van der Waals surface area (Å²) in [6.07, 6.45) is 3.23. The van der Waals surface area contributed by atoms with Crippen molar-refractivity contribution in [1.82, 2.24) is 25.1 Å². The van der Waals surface area contributed by atoms with Crippen molar-refractivity contribution in [2.75, 3.05) is 5.73 Å². The van der Waals surface area contributed by atoms with Crippen LogP contribution >= 0.6 is 0 Å². The minimum Gasteiger partial charge on any atom is -0.383 e. The van der Waals surface area contributed by atoms with E-state index in [-0.39, 0.29) is 24.0 Å². The zero-order valence-corrected chi connectivity index (χ0v) is 13.8. The van der Waals surface area contributed by atoms with Crippen LogP contribution in [0.2, 0.25) is 0 Å². The van der Waals surface area contributed by atoms with Gasteiger partial charge in [0, 0.05) is 24.5 Å². The van der Waals surface area contributed by atoms with E-state index in [2.05, 4.69) is 20.4 Å². The molecule has 1 aromatic carbocycles. The average molecular weight is 340 g/mol. The van der Waals surface area contributed by atoms with Crippen LogP contribution < -0.4 is 11.1 Å². The van der Waals surface area contributed by atoms with Gasteiger partial charge in [-0.1, -0.05) is 0 Å². The quantitative estimate of drug-likeness (QED) is 0.756. The molecule has 0 bridgehead atoms. The van der Waals surface area contributed by atoms with Crippen molar-refractivity contribution in [2.45, 2.75) is 20.4 Å². The molecule has 0 aliphatic rings. The molecule has 0 aliphatic heterocycles. The van der Waals surface area contributed by atoms with Crippen molar-refractivity contribution < 1.29 is 9.18 Å². The first kappa shape index (κ1) is 16.6. The molecule has 3 rings (SSSR count). The van der Waals surface area contributed by atoms with E-state index < -0.39 is 0 Å². The molecule has 0 atom stereocenters. The molecule has 0 saturated heterocycles. The summed E-state index contributed by atoms with van der Waals surface area (Å²) in [4.78, 5) is 20.4. The Hall–Kier alpha value is -3.29. The van der Waals surface area contributed by atoms with E-state index in [1.54, 1.807) is 38.4 Å². The Bertz CT molecular complexity index is 937. The van der Waals surface area contributed by atoms with Gasteiger partial charge < -0.3 is 11.1 Å². The molecule has 7 nitrogen and oxygen atoms in total. The highest BCUT2D eigenvalue weighted by molar-refractivity contribution is 5.92. The number of aryl methyl sites for hydroxylation is 2. The van der Waals surface area contributed by atoms with Crippen LogP contribution in [0.3, 0.4) is 0 Å². The van der Waals surface area contributed by atoms with Crippen LogP contribution in [0.15, 0.2) is 36.7 Å². The number of halogens is 1. The minimum absolute atomic E-state index is 0.202. The number of aromatic nitrogens is 4. The first-order chi connectivity index (χ1) is 11.9. The molecule has 2 heterocycles. The van der Waals surface area contributed by atoms with Crippen LogP contribution in [0.4, 0.5) is 10.2 Å². The second-order valence-corrected chi connectivity index (χ2v) is 5.59. The predicted molar refractivity (Wildman–Crippen MR) is 90.6 cm³/mol. The fourth-order valence-electron chi connectivity index (χ4n) is 2.37. The summed E-state index contributed by atoms with van der Waals surface area (Å²) < 4.78 is 14.7. The molecule has 8 heteroatoms. The molecule has 0 aliphatic carbocycles. The third kappa shape index (κ3) is 3.63. The van der Waals surface area contributed by atoms with Gasteiger partial charge in [-0.15, -0.1) is 0 Å². The van der Waals surface area contributed by atoms with Gasteiger partial charge in [-0.05, 0) is 43.7 Å². The topological polar surface area (TPSA) is 98.7 Å². The molecule has 128 valence electrons. The SMILES string of the molecule is Cc1ncc(CNC(=O)c2ccn(-c3ccc(F)cc3C)n2)c(N)n1. The Morgan fingerprint density at radius 1 is 1.32 bits per heavy atom. The first-order valence-corrected chi connectivity index (χ1v) is 7.62. The summed E-state index contributed by atoms with van der Waals surface area (Å²) in [5.41, 5.74) is 8.11. The fourth-order valence-corrected chi connectivity index (χ4v) is 2.37. The predicted octanol–water partition coefficient (Wildman–Crippen LogP) is 1.93. The number of nitrogen functional groups attached to an aromatic ring is 1. The van der Waals surface area contributed by atoms with Crippen LogP contribution in [0, 0.1) is 19.7 Å². The largest absolute Gasteiger partial charge is 0.383 e. The summed E-state index contributed by atoms with van der Waals surface area (Å²) in [7, 11) is 0. The van der Waals surface area contributed by atoms with Crippen LogP contribution in [0.5, 0.6) is 0 Å². The third-order valence-electron chi connectivity index (χ3n) is 3.69. The van der Waals surface area contributed by atoms with Gasteiger partial charge in [0.05, 0.1) is 5.69 Å². The molecule has 0 radical (unpaired) electrons. The van der Waals surface area contributed by atoms with E-state index in [9.17, 15) is 9.18 Å². The van der Waals surface area contributed by atoms with Gasteiger partial charge in [0.2, 0.25) is 0 Å². The van der Waals surface area contributed by atoms with Gasteiger partial charge in [0.1, 0.15) is 17.5 Å². The monoisotopic (exact) mass is 340 g/mol. The van der Waals surface area contributed by atoms with E-state index in [0.717, 1.165) is 5.56 Å². The number of carbonyl (C=O) groups excluding carboxylic acids is 1. The maximum absolute atomic E-state index is 13.2. The molecule has 0 spiro atoms. The van der Waals surface area contributed by atoms with Crippen LogP contribution in [-0.2, 0) is 6.54 Å². The molecule has 0 saturated carbocycles. The number of anilines is 1. The lowest BCUT2D eigenvalue weighted by atomic mass is 10.2. The highest BCUT2D eigenvalue weighted by atomic mass is 19.1. The molecular weight excluding hydrogens is 323 g/mol. The van der Waals surface area contributed by atoms with Gasteiger partial charge in [0.15, 0.2) is 5.69 Å². The minimum atomic E-state index is -0.349. The zero-order chi connectivity index (χ0) is 18.0. The summed E-state index contributed by atoms with van der Waals surface area (Å²) >= 11 is 0. The number of hydrogen-bond donors (Lipinski definition) is 2. The Labute approximate surface area is 143 Å². The maximum Gasteiger partial charge on any atom is 0.272 e. The summed E-state index contributed by atoms with van der Waals surface area (Å²) in [5.74, 6) is 0.240. The number of benzene rings is 1. The molecule has 0 fully saturated rings. The standard InChI is InChI=1S/C17H17FN6O/c1-10-7-13(18)3-4-15(10)24-6-5-14(23-24)17(25)21-9-12-8-20-11(2)22-16(12)19/h3-8H,9H2,1-2H3,(H,21,25)(H2,19,20,22). The molecule has 3 N–H and O–H groups in total. The van der Waals surface area contributed by atoms with Crippen LogP contribution in [0.1, 0.15) is 27.4 Å². The lowest BCUT2D eigenvalue weighted by molar-refractivity contribution is 0.0945. The van der Waals surface area contributed by atoms with Crippen molar-refractivity contribution in [2.24, 2.45) is 0 Å². The van der Waals surface area contributed by atoms with Gasteiger partial charge in [-0.2, -0.15) is 5.10 Å². The van der Waals surface area contributed by atoms with E-state index >= 15 is 0 Å². The number of carbonyl (C=O) groups is 1. The van der Waals surface area contributed by atoms with Crippen molar-refractivity contribution in [3.63, 3.8) is 0 Å². The summed E-state index contributed by atoms with van der Waals surface area (Å²) in [6, 6.07) is 5.97. The second kappa shape index (κ2) is 6.68. The van der Waals surface area contributed by atoms with E-state index in [1.165, 1.54) is 16.8 Å². The highest BCUT2D eigenvalue weighted by Crippen LogP contribution is 2.15. The molecule has 25 heavy (non-hydrogen) atoms. The van der Waals surface area contributed by atoms with E-state index in [4.69, 9.17) is 5.73 Å². The average Bonchev–Trinajstić information content (AvgIpc) is 3.03. The van der Waals surface area contributed by atoms with Gasteiger partial charge in [-0.3, -0.25) is 4.79 Å². The fraction of sp³-hybridized carbons (Fsp3) is 0.176. The number of hydrogen-bond acceptors (Lipinski definition) is 5. The van der Waals surface area contributed by atoms with Crippen molar-refractivity contribution >= 4 is 11.7 Å². The Balaban J connectivity index is 1.72. The van der Waals surface area contributed by atoms with Gasteiger partial charge in [0.25, 0.3) is 5.91 Å². The molecule has 1 amide bonds. The lowest BCUT2D eigenvalue weighted by Crippen LogP contribution is -2.24. The van der Waals surface area contributed by atoms with Crippen molar-refractivity contribution in [1.29, 1.82) is 0 Å². The van der Waals surface area contributed by atoms with Crippen LogP contribution in [0.25, 0.3) is 5.69 Å². The number of rotatable bonds is 4. The molecule has 0 unspecified atom stereocenters. The first-order valence-electron chi connectivity index (χ1n) is 7.62. The molecule has 3 aromatic rings. The highest BCUT2D eigenvalue weighted by Gasteiger charge is 2.12. The lowest BCUT2D eigenvalue weighted by Gasteiger charge is -2.07. The molecule has 2 aromatic heterocycles. The summed E-state index contributed by atoms with van der Waals surface area (Å²) in [6.45, 7) is 3.72. The normalized spacial score (nSPS) is 10.7. The number of nitrogens with two attached hydrogens (primary N) is 1. The smallest absolute Gasteiger partial charge is 0.272 e. The Morgan fingerprint density at radius 2 is 2.12 bits per heavy atom. The van der Waals surface area contributed by atoms with E-state index in [0.29, 0.717) is 22.9 Å². The van der Waals surface area contributed by atoms with Gasteiger partial charge >= 0.3 is 0 Å². The number of amides is 1. The third-order valence-corrected chi connectivity index (χ3v) is 3.69. The van der Waals surface area contributed by atoms with Crippen molar-refractivity contribution in [3.8, 4) is 5.69 Å². The van der Waals surface area contributed by atoms with E-state index in [1.807, 2.05) is 0 Å². The number of nitrogens with one attached hydrogen (secondary N) is 1. The zero-order valence-electron chi connectivity index (χ0n) is 13.8. The second-order valence-electron chi connectivity index (χ2n) is 5.59.